The number of aromatic nitrogens is 2. The quantitative estimate of drug-likeness (QED) is 0.722. The van der Waals surface area contributed by atoms with Crippen LogP contribution in [-0.4, -0.2) is 15.9 Å². The van der Waals surface area contributed by atoms with Crippen LogP contribution in [0, 0.1) is 0 Å². The first kappa shape index (κ1) is 8.16. The van der Waals surface area contributed by atoms with E-state index in [-0.39, 0.29) is 5.91 Å². The largest absolute Gasteiger partial charge is 0.346 e. The number of hydrogen-bond donors (Lipinski definition) is 1. The van der Waals surface area contributed by atoms with E-state index in [9.17, 15) is 4.79 Å². The lowest BCUT2D eigenvalue weighted by Crippen LogP contribution is -2.13. The number of rotatable bonds is 2. The minimum atomic E-state index is -0.0743. The molecule has 0 saturated carbocycles. The molecule has 1 N–H and O–H groups in total. The van der Waals surface area contributed by atoms with Gasteiger partial charge in [-0.15, -0.1) is 0 Å². The van der Waals surface area contributed by atoms with E-state index < -0.39 is 0 Å². The van der Waals surface area contributed by atoms with Crippen LogP contribution in [0.25, 0.3) is 0 Å². The van der Waals surface area contributed by atoms with E-state index in [2.05, 4.69) is 22.2 Å². The Bertz CT molecular complexity index is 349. The van der Waals surface area contributed by atoms with E-state index in [1.807, 2.05) is 0 Å². The summed E-state index contributed by atoms with van der Waals surface area (Å²) >= 11 is 0. The van der Waals surface area contributed by atoms with E-state index in [0.29, 0.717) is 12.2 Å². The van der Waals surface area contributed by atoms with Crippen molar-refractivity contribution < 1.29 is 4.79 Å². The van der Waals surface area contributed by atoms with Crippen LogP contribution in [0.4, 0.5) is 0 Å². The summed E-state index contributed by atoms with van der Waals surface area (Å²) in [5.41, 5.74) is 1.46. The molecule has 1 aromatic rings. The van der Waals surface area contributed by atoms with Gasteiger partial charge in [-0.05, 0) is 6.42 Å². The molecule has 4 heteroatoms. The van der Waals surface area contributed by atoms with Crippen LogP contribution < -0.4 is 5.32 Å². The van der Waals surface area contributed by atoms with Gasteiger partial charge < -0.3 is 5.32 Å². The third-order valence-corrected chi connectivity index (χ3v) is 2.04. The number of fused-ring (bicyclic) bond motifs is 1. The molecular weight excluding hydrogens is 166 g/mol. The molecule has 0 radical (unpaired) electrons. The first-order valence-electron chi connectivity index (χ1n) is 4.44. The number of carbonyl (C=O) groups is 1. The molecule has 0 aromatic carbocycles. The van der Waals surface area contributed by atoms with Gasteiger partial charge in [-0.25, -0.2) is 9.97 Å². The van der Waals surface area contributed by atoms with Crippen LogP contribution in [0.1, 0.15) is 35.2 Å². The second-order valence-corrected chi connectivity index (χ2v) is 3.09. The number of amides is 1. The third kappa shape index (κ3) is 1.39. The minimum absolute atomic E-state index is 0.0743. The molecule has 2 rings (SSSR count). The van der Waals surface area contributed by atoms with Gasteiger partial charge in [-0.3, -0.25) is 4.79 Å². The lowest BCUT2D eigenvalue weighted by molar-refractivity contribution is 0.0961. The smallest absolute Gasteiger partial charge is 0.270 e. The molecule has 4 nitrogen and oxygen atoms in total. The van der Waals surface area contributed by atoms with Crippen molar-refractivity contribution in [2.45, 2.75) is 26.3 Å². The van der Waals surface area contributed by atoms with Crippen molar-refractivity contribution in [3.63, 3.8) is 0 Å². The maximum absolute atomic E-state index is 11.2. The van der Waals surface area contributed by atoms with Crippen molar-refractivity contribution in [1.29, 1.82) is 0 Å². The molecule has 0 aliphatic carbocycles. The van der Waals surface area contributed by atoms with Gasteiger partial charge in [0.1, 0.15) is 11.5 Å². The number of nitrogens with one attached hydrogen (secondary N) is 1. The Labute approximate surface area is 76.4 Å². The highest BCUT2D eigenvalue weighted by atomic mass is 16.2. The van der Waals surface area contributed by atoms with Gasteiger partial charge in [0.05, 0.1) is 0 Å². The van der Waals surface area contributed by atoms with E-state index >= 15 is 0 Å². The van der Waals surface area contributed by atoms with Crippen LogP contribution in [0.3, 0.4) is 0 Å². The zero-order chi connectivity index (χ0) is 9.26. The lowest BCUT2D eigenvalue weighted by Gasteiger charge is -1.98. The zero-order valence-corrected chi connectivity index (χ0v) is 7.50. The second kappa shape index (κ2) is 3.12. The van der Waals surface area contributed by atoms with Crippen LogP contribution in [0.2, 0.25) is 0 Å². The van der Waals surface area contributed by atoms with E-state index in [0.717, 1.165) is 24.2 Å². The normalized spacial score (nSPS) is 14.1. The van der Waals surface area contributed by atoms with Crippen molar-refractivity contribution >= 4 is 5.91 Å². The monoisotopic (exact) mass is 177 g/mol. The van der Waals surface area contributed by atoms with Gasteiger partial charge in [0.15, 0.2) is 0 Å². The highest BCUT2D eigenvalue weighted by molar-refractivity contribution is 5.96. The third-order valence-electron chi connectivity index (χ3n) is 2.04. The van der Waals surface area contributed by atoms with E-state index in [4.69, 9.17) is 0 Å². The highest BCUT2D eigenvalue weighted by Crippen LogP contribution is 2.11. The Morgan fingerprint density at radius 3 is 3.23 bits per heavy atom. The Balaban J connectivity index is 2.36. The fourth-order valence-corrected chi connectivity index (χ4v) is 1.37. The van der Waals surface area contributed by atoms with Crippen molar-refractivity contribution in [3.05, 3.63) is 23.3 Å². The fourth-order valence-electron chi connectivity index (χ4n) is 1.37. The Hall–Kier alpha value is -1.45. The summed E-state index contributed by atoms with van der Waals surface area (Å²) in [5, 5.41) is 2.71. The van der Waals surface area contributed by atoms with Gasteiger partial charge >= 0.3 is 0 Å². The summed E-state index contributed by atoms with van der Waals surface area (Å²) in [6, 6.07) is 0. The van der Waals surface area contributed by atoms with Crippen LogP contribution in [0.5, 0.6) is 0 Å². The average molecular weight is 177 g/mol. The van der Waals surface area contributed by atoms with Crippen LogP contribution in [-0.2, 0) is 13.0 Å². The molecule has 0 saturated heterocycles. The molecule has 0 atom stereocenters. The van der Waals surface area contributed by atoms with Crippen LogP contribution in [0.15, 0.2) is 6.20 Å². The summed E-state index contributed by atoms with van der Waals surface area (Å²) in [6.07, 6.45) is 3.58. The first-order valence-corrected chi connectivity index (χ1v) is 4.44. The highest BCUT2D eigenvalue weighted by Gasteiger charge is 2.20. The molecule has 1 amide bonds. The molecule has 0 fully saturated rings. The molecule has 1 aromatic heterocycles. The van der Waals surface area contributed by atoms with Crippen molar-refractivity contribution in [2.75, 3.05) is 0 Å². The van der Waals surface area contributed by atoms with Gasteiger partial charge in [0.25, 0.3) is 5.91 Å². The Morgan fingerprint density at radius 1 is 1.62 bits per heavy atom. The summed E-state index contributed by atoms with van der Waals surface area (Å²) in [4.78, 5) is 19.6. The average Bonchev–Trinajstić information content (AvgIpc) is 2.49. The van der Waals surface area contributed by atoms with Gasteiger partial charge in [0.2, 0.25) is 0 Å². The molecule has 0 unspecified atom stereocenters. The lowest BCUT2D eigenvalue weighted by atomic mass is 10.2. The maximum Gasteiger partial charge on any atom is 0.270 e. The molecule has 1 aliphatic heterocycles. The molecule has 0 bridgehead atoms. The van der Waals surface area contributed by atoms with Crippen LogP contribution >= 0.6 is 0 Å². The van der Waals surface area contributed by atoms with Gasteiger partial charge in [-0.1, -0.05) is 6.92 Å². The predicted molar refractivity (Wildman–Crippen MR) is 47.2 cm³/mol. The number of aryl methyl sites for hydroxylation is 1. The minimum Gasteiger partial charge on any atom is -0.346 e. The summed E-state index contributed by atoms with van der Waals surface area (Å²) < 4.78 is 0. The SMILES string of the molecule is CCCc1ncc2c(n1)C(=O)NC2. The Morgan fingerprint density at radius 2 is 2.46 bits per heavy atom. The zero-order valence-electron chi connectivity index (χ0n) is 7.50. The maximum atomic E-state index is 11.2. The summed E-state index contributed by atoms with van der Waals surface area (Å²) in [6.45, 7) is 2.64. The Kier molecular flexibility index (Phi) is 1.96. The van der Waals surface area contributed by atoms with E-state index in [1.54, 1.807) is 6.20 Å². The molecular formula is C9H11N3O. The molecule has 2 heterocycles. The van der Waals surface area contributed by atoms with Crippen molar-refractivity contribution in [2.24, 2.45) is 0 Å². The van der Waals surface area contributed by atoms with Crippen molar-refractivity contribution in [1.82, 2.24) is 15.3 Å². The predicted octanol–water partition coefficient (Wildman–Crippen LogP) is 0.673. The fraction of sp³-hybridized carbons (Fsp3) is 0.444. The van der Waals surface area contributed by atoms with Gasteiger partial charge in [-0.2, -0.15) is 0 Å². The van der Waals surface area contributed by atoms with E-state index in [1.165, 1.54) is 0 Å². The van der Waals surface area contributed by atoms with Gasteiger partial charge in [0, 0.05) is 24.7 Å². The summed E-state index contributed by atoms with van der Waals surface area (Å²) in [5.74, 6) is 0.688. The molecule has 1 aliphatic rings. The molecule has 68 valence electrons. The standard InChI is InChI=1S/C9H11N3O/c1-2-3-7-10-4-6-5-11-9(13)8(6)12-7/h4H,2-3,5H2,1H3,(H,11,13). The first-order chi connectivity index (χ1) is 6.31. The molecule has 0 spiro atoms. The van der Waals surface area contributed by atoms with Crippen molar-refractivity contribution in [3.8, 4) is 0 Å². The molecule has 13 heavy (non-hydrogen) atoms. The number of hydrogen-bond acceptors (Lipinski definition) is 3. The topological polar surface area (TPSA) is 54.9 Å². The summed E-state index contributed by atoms with van der Waals surface area (Å²) in [7, 11) is 0. The second-order valence-electron chi connectivity index (χ2n) is 3.09. The number of carbonyl (C=O) groups excluding carboxylic acids is 1. The number of nitrogens with zero attached hydrogens (tertiary/aromatic N) is 2.